The molecular formula is C27H32N2O8S. The monoisotopic (exact) mass is 544 g/mol. The first-order chi connectivity index (χ1) is 18.3. The summed E-state index contributed by atoms with van der Waals surface area (Å²) in [5.41, 5.74) is 3.26. The van der Waals surface area contributed by atoms with Crippen LogP contribution in [0.3, 0.4) is 0 Å². The predicted molar refractivity (Wildman–Crippen MR) is 138 cm³/mol. The number of rotatable bonds is 11. The Bertz CT molecular complexity index is 1330. The summed E-state index contributed by atoms with van der Waals surface area (Å²) in [6.45, 7) is 5.02. The van der Waals surface area contributed by atoms with Crippen LogP contribution in [-0.4, -0.2) is 55.7 Å². The van der Waals surface area contributed by atoms with Gasteiger partial charge in [0.25, 0.3) is 5.91 Å². The summed E-state index contributed by atoms with van der Waals surface area (Å²) < 4.78 is 47.2. The lowest BCUT2D eigenvalue weighted by Gasteiger charge is -2.34. The molecule has 0 saturated carbocycles. The molecule has 3 aromatic rings. The van der Waals surface area contributed by atoms with Gasteiger partial charge >= 0.3 is 0 Å². The maximum atomic E-state index is 13.3. The van der Waals surface area contributed by atoms with E-state index in [9.17, 15) is 18.4 Å². The number of ether oxygens (including phenoxy) is 3. The van der Waals surface area contributed by atoms with E-state index in [-0.39, 0.29) is 31.0 Å². The number of carbonyl (C=O) groups is 1. The molecule has 0 aliphatic carbocycles. The van der Waals surface area contributed by atoms with E-state index in [1.807, 2.05) is 38.1 Å². The second-order valence-electron chi connectivity index (χ2n) is 8.94. The van der Waals surface area contributed by atoms with Crippen LogP contribution in [0.1, 0.15) is 37.8 Å². The number of hydrogen-bond donors (Lipinski definition) is 2. The number of hydrogen-bond acceptors (Lipinski definition) is 9. The topological polar surface area (TPSA) is 137 Å². The van der Waals surface area contributed by atoms with Crippen molar-refractivity contribution in [2.24, 2.45) is 0 Å². The van der Waals surface area contributed by atoms with E-state index in [1.54, 1.807) is 12.1 Å². The Labute approximate surface area is 221 Å². The molecule has 2 N–H and O–H groups in total. The van der Waals surface area contributed by atoms with Crippen molar-refractivity contribution < 1.29 is 37.0 Å². The van der Waals surface area contributed by atoms with Gasteiger partial charge in [0.15, 0.2) is 20.5 Å². The van der Waals surface area contributed by atoms with Crippen molar-refractivity contribution in [3.8, 4) is 22.8 Å². The summed E-state index contributed by atoms with van der Waals surface area (Å²) in [6.07, 6.45) is 1.13. The summed E-state index contributed by atoms with van der Waals surface area (Å²) in [4.78, 5) is 17.0. The molecule has 10 nitrogen and oxygen atoms in total. The Morgan fingerprint density at radius 3 is 2.32 bits per heavy atom. The zero-order chi connectivity index (χ0) is 27.2. The Morgan fingerprint density at radius 1 is 1.05 bits per heavy atom. The van der Waals surface area contributed by atoms with Crippen molar-refractivity contribution in [1.29, 1.82) is 0 Å². The van der Waals surface area contributed by atoms with E-state index in [0.717, 1.165) is 22.8 Å². The van der Waals surface area contributed by atoms with E-state index in [1.165, 1.54) is 17.6 Å². The zero-order valence-corrected chi connectivity index (χ0v) is 22.3. The van der Waals surface area contributed by atoms with Crippen molar-refractivity contribution in [2.45, 2.75) is 49.2 Å². The molecule has 0 radical (unpaired) electrons. The quantitative estimate of drug-likeness (QED) is 0.209. The van der Waals surface area contributed by atoms with E-state index >= 15 is 0 Å². The Kier molecular flexibility index (Phi) is 8.70. The number of nitrogens with zero attached hydrogens (tertiary/aromatic N) is 1. The summed E-state index contributed by atoms with van der Waals surface area (Å²) in [7, 11) is -4.08. The van der Waals surface area contributed by atoms with Gasteiger partial charge in [0, 0.05) is 25.2 Å². The van der Waals surface area contributed by atoms with Gasteiger partial charge in [0.1, 0.15) is 23.0 Å². The summed E-state index contributed by atoms with van der Waals surface area (Å²) in [5, 5.41) is 9.17. The van der Waals surface area contributed by atoms with Crippen LogP contribution in [0.15, 0.2) is 57.8 Å². The van der Waals surface area contributed by atoms with Crippen molar-refractivity contribution in [3.05, 3.63) is 60.2 Å². The van der Waals surface area contributed by atoms with E-state index in [4.69, 9.17) is 18.6 Å². The first-order valence-electron chi connectivity index (χ1n) is 12.5. The zero-order valence-electron chi connectivity index (χ0n) is 21.4. The third-order valence-electron chi connectivity index (χ3n) is 6.55. The van der Waals surface area contributed by atoms with Gasteiger partial charge in [-0.05, 0) is 81.6 Å². The predicted octanol–water partition coefficient (Wildman–Crippen LogP) is 3.89. The van der Waals surface area contributed by atoms with Crippen molar-refractivity contribution >= 4 is 15.7 Å². The summed E-state index contributed by atoms with van der Waals surface area (Å²) in [5.74, 6) is 1.70. The molecule has 1 aromatic heterocycles. The molecule has 2 heterocycles. The molecule has 0 bridgehead atoms. The molecule has 1 aliphatic heterocycles. The minimum atomic E-state index is -4.08. The summed E-state index contributed by atoms with van der Waals surface area (Å²) in [6, 6.07) is 13.6. The SMILES string of the molecule is CCOc1ccc(-c2nc(CCCOc3ccc(S(=O)(=O)C4(C(=O)NO)CCOCC4)cc3)oc2C)cc1. The highest BCUT2D eigenvalue weighted by molar-refractivity contribution is 7.93. The molecular weight excluding hydrogens is 512 g/mol. The smallest absolute Gasteiger partial charge is 0.265 e. The molecule has 2 aromatic carbocycles. The number of aromatic nitrogens is 1. The fourth-order valence-electron chi connectivity index (χ4n) is 4.48. The number of carbonyl (C=O) groups excluding carboxylic acids is 1. The summed E-state index contributed by atoms with van der Waals surface area (Å²) >= 11 is 0. The van der Waals surface area contributed by atoms with Crippen LogP contribution in [0.2, 0.25) is 0 Å². The van der Waals surface area contributed by atoms with E-state index in [2.05, 4.69) is 4.98 Å². The van der Waals surface area contributed by atoms with Crippen LogP contribution >= 0.6 is 0 Å². The minimum absolute atomic E-state index is 0.0209. The lowest BCUT2D eigenvalue weighted by Crippen LogP contribution is -2.54. The maximum Gasteiger partial charge on any atom is 0.265 e. The minimum Gasteiger partial charge on any atom is -0.494 e. The molecule has 0 atom stereocenters. The Balaban J connectivity index is 1.34. The van der Waals surface area contributed by atoms with Gasteiger partial charge in [0.05, 0.1) is 18.1 Å². The first-order valence-corrected chi connectivity index (χ1v) is 14.0. The second kappa shape index (κ2) is 12.0. The van der Waals surface area contributed by atoms with Gasteiger partial charge < -0.3 is 18.6 Å². The molecule has 1 saturated heterocycles. The van der Waals surface area contributed by atoms with Crippen LogP contribution in [0, 0.1) is 6.92 Å². The molecule has 11 heteroatoms. The van der Waals surface area contributed by atoms with E-state index in [0.29, 0.717) is 37.7 Å². The molecule has 4 rings (SSSR count). The number of amides is 1. The molecule has 1 aliphatic rings. The van der Waals surface area contributed by atoms with Crippen molar-refractivity contribution in [2.75, 3.05) is 26.4 Å². The fraction of sp³-hybridized carbons (Fsp3) is 0.407. The number of benzene rings is 2. The van der Waals surface area contributed by atoms with Crippen LogP contribution in [0.5, 0.6) is 11.5 Å². The molecule has 1 fully saturated rings. The average molecular weight is 545 g/mol. The van der Waals surface area contributed by atoms with Gasteiger partial charge in [0.2, 0.25) is 0 Å². The molecule has 0 unspecified atom stereocenters. The average Bonchev–Trinajstić information content (AvgIpc) is 3.32. The molecule has 204 valence electrons. The van der Waals surface area contributed by atoms with Crippen LogP contribution in [0.4, 0.5) is 0 Å². The lowest BCUT2D eigenvalue weighted by molar-refractivity contribution is -0.134. The first kappa shape index (κ1) is 27.6. The number of aryl methyl sites for hydroxylation is 2. The number of sulfone groups is 1. The third kappa shape index (κ3) is 5.69. The van der Waals surface area contributed by atoms with Gasteiger partial charge in [-0.15, -0.1) is 0 Å². The highest BCUT2D eigenvalue weighted by Crippen LogP contribution is 2.36. The Morgan fingerprint density at radius 2 is 1.68 bits per heavy atom. The van der Waals surface area contributed by atoms with Crippen LogP contribution < -0.4 is 15.0 Å². The standard InChI is InChI=1S/C27H32N2O8S/c1-3-35-21-8-6-20(7-9-21)25-19(2)37-24(28-25)5-4-16-36-22-10-12-23(13-11-22)38(32,33)27(26(30)29-31)14-17-34-18-15-27/h6-13,31H,3-5,14-18H2,1-2H3,(H,29,30). The number of oxazole rings is 1. The molecule has 38 heavy (non-hydrogen) atoms. The van der Waals surface area contributed by atoms with E-state index < -0.39 is 20.5 Å². The van der Waals surface area contributed by atoms with Gasteiger partial charge in [-0.1, -0.05) is 0 Å². The molecule has 0 spiro atoms. The highest BCUT2D eigenvalue weighted by atomic mass is 32.2. The van der Waals surface area contributed by atoms with Crippen LogP contribution in [-0.2, 0) is 25.8 Å². The second-order valence-corrected chi connectivity index (χ2v) is 11.2. The number of hydroxylamine groups is 1. The van der Waals surface area contributed by atoms with Gasteiger partial charge in [-0.3, -0.25) is 10.0 Å². The lowest BCUT2D eigenvalue weighted by atomic mass is 9.98. The van der Waals surface area contributed by atoms with Crippen molar-refractivity contribution in [3.63, 3.8) is 0 Å². The van der Waals surface area contributed by atoms with Crippen molar-refractivity contribution in [1.82, 2.24) is 10.5 Å². The number of nitrogens with one attached hydrogen (secondary N) is 1. The highest BCUT2D eigenvalue weighted by Gasteiger charge is 2.52. The fourth-order valence-corrected chi connectivity index (χ4v) is 6.42. The maximum absolute atomic E-state index is 13.3. The normalized spacial score (nSPS) is 15.1. The molecule has 1 amide bonds. The van der Waals surface area contributed by atoms with Gasteiger partial charge in [-0.25, -0.2) is 18.9 Å². The van der Waals surface area contributed by atoms with Crippen LogP contribution in [0.25, 0.3) is 11.3 Å². The third-order valence-corrected chi connectivity index (χ3v) is 9.06. The largest absolute Gasteiger partial charge is 0.494 e. The van der Waals surface area contributed by atoms with Gasteiger partial charge in [-0.2, -0.15) is 0 Å². The Hall–Kier alpha value is -3.41.